The van der Waals surface area contributed by atoms with Gasteiger partial charge < -0.3 is 0 Å². The van der Waals surface area contributed by atoms with Crippen LogP contribution in [-0.4, -0.2) is 32.4 Å². The van der Waals surface area contributed by atoms with E-state index < -0.39 is 21.5 Å². The fourth-order valence-corrected chi connectivity index (χ4v) is 1.96. The lowest BCUT2D eigenvalue weighted by Crippen LogP contribution is -2.32. The number of nitrogens with one attached hydrogen (secondary N) is 1. The van der Waals surface area contributed by atoms with Gasteiger partial charge in [0.15, 0.2) is 9.84 Å². The fraction of sp³-hybridized carbons (Fsp3) is 0.875. The number of amides is 1. The number of hydrogen-bond donors (Lipinski definition) is 1. The predicted molar refractivity (Wildman–Crippen MR) is 51.2 cm³/mol. The zero-order valence-electron chi connectivity index (χ0n) is 8.15. The summed E-state index contributed by atoms with van der Waals surface area (Å²) in [5.74, 6) is -1.11. The molecule has 0 aromatic carbocycles. The third-order valence-electron chi connectivity index (χ3n) is 2.03. The molecular formula is C8H15NO4S. The first-order valence-corrected chi connectivity index (χ1v) is 6.65. The van der Waals surface area contributed by atoms with Gasteiger partial charge in [0.25, 0.3) is 5.91 Å². The molecule has 14 heavy (non-hydrogen) atoms. The Bertz CT molecular complexity index is 292. The molecule has 0 radical (unpaired) electrons. The van der Waals surface area contributed by atoms with Crippen LogP contribution in [0.25, 0.3) is 0 Å². The first-order chi connectivity index (χ1) is 6.47. The standard InChI is InChI=1S/C8H15NO4S/c1-14(11,12)6-8(10)9-13-7-4-2-3-5-7/h7H,2-6H2,1H3,(H,9,10). The lowest BCUT2D eigenvalue weighted by atomic mass is 10.3. The van der Waals surface area contributed by atoms with E-state index in [0.29, 0.717) is 0 Å². The minimum atomic E-state index is -3.26. The highest BCUT2D eigenvalue weighted by molar-refractivity contribution is 7.91. The summed E-state index contributed by atoms with van der Waals surface area (Å²) in [6, 6.07) is 0. The molecule has 1 N–H and O–H groups in total. The topological polar surface area (TPSA) is 72.5 Å². The number of carbonyl (C=O) groups is 1. The summed E-state index contributed by atoms with van der Waals surface area (Å²) in [5, 5.41) is 0. The van der Waals surface area contributed by atoms with Crippen molar-refractivity contribution in [2.45, 2.75) is 31.8 Å². The van der Waals surface area contributed by atoms with E-state index >= 15 is 0 Å². The SMILES string of the molecule is CS(=O)(=O)CC(=O)NOC1CCCC1. The van der Waals surface area contributed by atoms with Crippen LogP contribution in [0.2, 0.25) is 0 Å². The van der Waals surface area contributed by atoms with Gasteiger partial charge in [-0.1, -0.05) is 12.8 Å². The van der Waals surface area contributed by atoms with Gasteiger partial charge in [-0.15, -0.1) is 0 Å². The average Bonchev–Trinajstić information content (AvgIpc) is 2.49. The molecular weight excluding hydrogens is 206 g/mol. The molecule has 82 valence electrons. The highest BCUT2D eigenvalue weighted by Gasteiger charge is 2.18. The summed E-state index contributed by atoms with van der Waals surface area (Å²) in [6.45, 7) is 0. The molecule has 1 rings (SSSR count). The largest absolute Gasteiger partial charge is 0.272 e. The second-order valence-corrected chi connectivity index (χ2v) is 5.76. The smallest absolute Gasteiger partial charge is 0.258 e. The van der Waals surface area contributed by atoms with Crippen molar-refractivity contribution in [3.63, 3.8) is 0 Å². The van der Waals surface area contributed by atoms with Gasteiger partial charge in [-0.3, -0.25) is 9.63 Å². The molecule has 0 aromatic heterocycles. The minimum absolute atomic E-state index is 0.0542. The Balaban J connectivity index is 2.21. The third kappa shape index (κ3) is 4.57. The second kappa shape index (κ2) is 4.75. The average molecular weight is 221 g/mol. The van der Waals surface area contributed by atoms with E-state index in [4.69, 9.17) is 4.84 Å². The maximum atomic E-state index is 11.0. The molecule has 0 aromatic rings. The third-order valence-corrected chi connectivity index (χ3v) is 2.82. The Morgan fingerprint density at radius 1 is 1.43 bits per heavy atom. The first-order valence-electron chi connectivity index (χ1n) is 4.59. The fourth-order valence-electron chi connectivity index (χ4n) is 1.42. The molecule has 6 heteroatoms. The predicted octanol–water partition coefficient (Wildman–Crippen LogP) is 0.0214. The van der Waals surface area contributed by atoms with Gasteiger partial charge in [0.2, 0.25) is 0 Å². The van der Waals surface area contributed by atoms with Crippen molar-refractivity contribution in [3.05, 3.63) is 0 Å². The van der Waals surface area contributed by atoms with Gasteiger partial charge in [0, 0.05) is 6.26 Å². The van der Waals surface area contributed by atoms with Gasteiger partial charge >= 0.3 is 0 Å². The van der Waals surface area contributed by atoms with E-state index in [9.17, 15) is 13.2 Å². The van der Waals surface area contributed by atoms with E-state index in [2.05, 4.69) is 5.48 Å². The molecule has 1 saturated carbocycles. The van der Waals surface area contributed by atoms with Crippen LogP contribution in [0, 0.1) is 0 Å². The maximum absolute atomic E-state index is 11.0. The Labute approximate surface area is 83.7 Å². The van der Waals surface area contributed by atoms with Gasteiger partial charge in [-0.05, 0) is 12.8 Å². The van der Waals surface area contributed by atoms with Crippen molar-refractivity contribution < 1.29 is 18.0 Å². The zero-order valence-corrected chi connectivity index (χ0v) is 8.97. The molecule has 0 unspecified atom stereocenters. The summed E-state index contributed by atoms with van der Waals surface area (Å²) in [5.41, 5.74) is 2.16. The molecule has 0 saturated heterocycles. The van der Waals surface area contributed by atoms with E-state index in [-0.39, 0.29) is 6.10 Å². The normalized spacial score (nSPS) is 18.4. The maximum Gasteiger partial charge on any atom is 0.258 e. The van der Waals surface area contributed by atoms with Crippen LogP contribution in [0.5, 0.6) is 0 Å². The van der Waals surface area contributed by atoms with Crippen molar-refractivity contribution in [1.82, 2.24) is 5.48 Å². The van der Waals surface area contributed by atoms with Gasteiger partial charge in [-0.2, -0.15) is 0 Å². The van der Waals surface area contributed by atoms with Gasteiger partial charge in [0.1, 0.15) is 5.75 Å². The second-order valence-electron chi connectivity index (χ2n) is 3.62. The van der Waals surface area contributed by atoms with Gasteiger partial charge in [0.05, 0.1) is 6.10 Å². The monoisotopic (exact) mass is 221 g/mol. The van der Waals surface area contributed by atoms with Crippen molar-refractivity contribution in [3.8, 4) is 0 Å². The number of sulfone groups is 1. The molecule has 1 amide bonds. The summed E-state index contributed by atoms with van der Waals surface area (Å²) < 4.78 is 21.4. The van der Waals surface area contributed by atoms with Crippen LogP contribution >= 0.6 is 0 Å². The number of hydrogen-bond acceptors (Lipinski definition) is 4. The highest BCUT2D eigenvalue weighted by Crippen LogP contribution is 2.19. The summed E-state index contributed by atoms with van der Waals surface area (Å²) in [6.07, 6.45) is 5.14. The molecule has 0 atom stereocenters. The van der Waals surface area contributed by atoms with Crippen molar-refractivity contribution in [1.29, 1.82) is 0 Å². The van der Waals surface area contributed by atoms with Crippen molar-refractivity contribution in [2.24, 2.45) is 0 Å². The first kappa shape index (κ1) is 11.5. The van der Waals surface area contributed by atoms with Crippen LogP contribution < -0.4 is 5.48 Å². The number of carbonyl (C=O) groups excluding carboxylic acids is 1. The molecule has 0 bridgehead atoms. The van der Waals surface area contributed by atoms with E-state index in [1.54, 1.807) is 0 Å². The van der Waals surface area contributed by atoms with Crippen LogP contribution in [0.15, 0.2) is 0 Å². The van der Waals surface area contributed by atoms with Crippen LogP contribution in [0.1, 0.15) is 25.7 Å². The number of rotatable bonds is 4. The molecule has 0 aliphatic heterocycles. The summed E-state index contributed by atoms with van der Waals surface area (Å²) in [7, 11) is -3.26. The summed E-state index contributed by atoms with van der Waals surface area (Å²) >= 11 is 0. The molecule has 0 spiro atoms. The highest BCUT2D eigenvalue weighted by atomic mass is 32.2. The molecule has 0 heterocycles. The van der Waals surface area contributed by atoms with Crippen LogP contribution in [-0.2, 0) is 19.5 Å². The van der Waals surface area contributed by atoms with Crippen molar-refractivity contribution in [2.75, 3.05) is 12.0 Å². The Morgan fingerprint density at radius 2 is 2.00 bits per heavy atom. The molecule has 1 aliphatic rings. The lowest BCUT2D eigenvalue weighted by molar-refractivity contribution is -0.135. The Hall–Kier alpha value is -0.620. The molecule has 5 nitrogen and oxygen atoms in total. The molecule has 1 fully saturated rings. The minimum Gasteiger partial charge on any atom is -0.272 e. The Morgan fingerprint density at radius 3 is 2.50 bits per heavy atom. The van der Waals surface area contributed by atoms with Gasteiger partial charge in [-0.25, -0.2) is 13.9 Å². The molecule has 1 aliphatic carbocycles. The van der Waals surface area contributed by atoms with Crippen molar-refractivity contribution >= 4 is 15.7 Å². The van der Waals surface area contributed by atoms with Crippen LogP contribution in [0.3, 0.4) is 0 Å². The zero-order chi connectivity index (χ0) is 10.6. The van der Waals surface area contributed by atoms with E-state index in [0.717, 1.165) is 31.9 Å². The number of hydroxylamine groups is 1. The lowest BCUT2D eigenvalue weighted by Gasteiger charge is -2.10. The Kier molecular flexibility index (Phi) is 3.88. The summed E-state index contributed by atoms with van der Waals surface area (Å²) in [4.78, 5) is 16.0. The van der Waals surface area contributed by atoms with Crippen LogP contribution in [0.4, 0.5) is 0 Å². The quantitative estimate of drug-likeness (QED) is 0.679. The van der Waals surface area contributed by atoms with E-state index in [1.165, 1.54) is 0 Å². The van der Waals surface area contributed by atoms with E-state index in [1.807, 2.05) is 0 Å².